The molecule has 0 bridgehead atoms. The summed E-state index contributed by atoms with van der Waals surface area (Å²) in [6.45, 7) is 65.2. The van der Waals surface area contributed by atoms with Crippen LogP contribution >= 0.6 is 0 Å². The highest BCUT2D eigenvalue weighted by Gasteiger charge is 2.26. The third-order valence-corrected chi connectivity index (χ3v) is 11.1. The van der Waals surface area contributed by atoms with Crippen molar-refractivity contribution in [1.29, 1.82) is 0 Å². The van der Waals surface area contributed by atoms with Gasteiger partial charge in [-0.05, 0) is 52.3 Å². The van der Waals surface area contributed by atoms with Gasteiger partial charge in [0.15, 0.2) is 0 Å². The Labute approximate surface area is 412 Å². The van der Waals surface area contributed by atoms with Crippen LogP contribution in [0.3, 0.4) is 0 Å². The quantitative estimate of drug-likeness (QED) is 0.166. The van der Waals surface area contributed by atoms with Gasteiger partial charge in [0.1, 0.15) is 17.3 Å². The summed E-state index contributed by atoms with van der Waals surface area (Å²) in [5.41, 5.74) is 9.63. The van der Waals surface area contributed by atoms with Crippen molar-refractivity contribution in [3.63, 3.8) is 0 Å². The normalized spacial score (nSPS) is 13.2. The van der Waals surface area contributed by atoms with Crippen molar-refractivity contribution in [2.75, 3.05) is 0 Å². The fourth-order valence-corrected chi connectivity index (χ4v) is 5.78. The number of pyridine rings is 2. The Kier molecular flexibility index (Phi) is 19.8. The highest BCUT2D eigenvalue weighted by Crippen LogP contribution is 2.32. The Balaban J connectivity index is 0.000000419. The van der Waals surface area contributed by atoms with Crippen LogP contribution in [0.5, 0.6) is 0 Å². The number of nitrogens with zero attached hydrogens (tertiary/aromatic N) is 4. The molecule has 5 heterocycles. The lowest BCUT2D eigenvalue weighted by atomic mass is 9.86. The van der Waals surface area contributed by atoms with E-state index in [1.54, 1.807) is 0 Å². The van der Waals surface area contributed by atoms with E-state index >= 15 is 0 Å². The first-order valence-electron chi connectivity index (χ1n) is 24.6. The zero-order valence-corrected chi connectivity index (χ0v) is 48.9. The van der Waals surface area contributed by atoms with Crippen molar-refractivity contribution >= 4 is 0 Å². The SMILES string of the molecule is CC(C)(C)c1cc(C(C)(C)C)[nH]n1.CC(C)(C)c1cc(C(C)(C)C)on1.CC(C)(C)c1ccc(C(C)(C)C)nc1.CC(C)(C)c1ccc(C(C)(C)C)nc1.CC(C)(C)c1ccc(C(C)(C)C)o1. The van der Waals surface area contributed by atoms with E-state index in [4.69, 9.17) is 8.94 Å². The van der Waals surface area contributed by atoms with Crippen molar-refractivity contribution in [3.8, 4) is 0 Å². The zero-order chi connectivity index (χ0) is 52.8. The Hall–Kier alpha value is -4.00. The molecule has 5 aromatic heterocycles. The second-order valence-electron chi connectivity index (χ2n) is 28.8. The summed E-state index contributed by atoms with van der Waals surface area (Å²) in [6.07, 6.45) is 4.00. The molecule has 0 atom stereocenters. The Morgan fingerprint density at radius 1 is 0.328 bits per heavy atom. The van der Waals surface area contributed by atoms with Crippen molar-refractivity contribution in [3.05, 3.63) is 118 Å². The van der Waals surface area contributed by atoms with Crippen LogP contribution in [0.15, 0.2) is 69.9 Å². The summed E-state index contributed by atoms with van der Waals surface area (Å²) < 4.78 is 11.1. The lowest BCUT2D eigenvalue weighted by Crippen LogP contribution is -2.16. The number of furan rings is 1. The first-order valence-corrected chi connectivity index (χ1v) is 24.6. The van der Waals surface area contributed by atoms with Crippen LogP contribution in [0.25, 0.3) is 0 Å². The van der Waals surface area contributed by atoms with Crippen LogP contribution in [-0.2, 0) is 54.1 Å². The summed E-state index contributed by atoms with van der Waals surface area (Å²) in [4.78, 5) is 9.03. The van der Waals surface area contributed by atoms with Crippen LogP contribution in [0.4, 0.5) is 0 Å². The molecule has 1 N–H and O–H groups in total. The maximum atomic E-state index is 5.81. The lowest BCUT2D eigenvalue weighted by Gasteiger charge is -2.22. The summed E-state index contributed by atoms with van der Waals surface area (Å²) >= 11 is 0. The maximum Gasteiger partial charge on any atom is 0.142 e. The monoisotopic (exact) mass is 924 g/mol. The van der Waals surface area contributed by atoms with Gasteiger partial charge in [-0.15, -0.1) is 0 Å². The van der Waals surface area contributed by atoms with Crippen molar-refractivity contribution in [1.82, 2.24) is 25.3 Å². The molecule has 0 saturated carbocycles. The molecule has 0 unspecified atom stereocenters. The molecule has 0 aromatic carbocycles. The molecule has 7 heteroatoms. The lowest BCUT2D eigenvalue weighted by molar-refractivity contribution is 0.319. The number of hydrogen-bond donors (Lipinski definition) is 1. The van der Waals surface area contributed by atoms with Gasteiger partial charge in [-0.1, -0.05) is 225 Å². The largest absolute Gasteiger partial charge is 0.465 e. The molecule has 5 aromatic rings. The van der Waals surface area contributed by atoms with E-state index in [2.05, 4.69) is 282 Å². The third kappa shape index (κ3) is 21.0. The number of H-pyrrole nitrogens is 1. The average Bonchev–Trinajstić information content (AvgIpc) is 3.92. The van der Waals surface area contributed by atoms with Gasteiger partial charge in [0.2, 0.25) is 0 Å². The van der Waals surface area contributed by atoms with Crippen LogP contribution in [0.2, 0.25) is 0 Å². The van der Waals surface area contributed by atoms with Crippen LogP contribution in [-0.4, -0.2) is 25.3 Å². The van der Waals surface area contributed by atoms with E-state index in [1.165, 1.54) is 16.8 Å². The molecule has 0 fully saturated rings. The van der Waals surface area contributed by atoms with Gasteiger partial charge in [0, 0.05) is 78.9 Å². The molecule has 0 radical (unpaired) electrons. The minimum atomic E-state index is 0.0521. The van der Waals surface area contributed by atoms with Crippen molar-refractivity contribution in [2.45, 2.75) is 262 Å². The summed E-state index contributed by atoms with van der Waals surface area (Å²) in [7, 11) is 0. The van der Waals surface area contributed by atoms with E-state index in [1.807, 2.05) is 12.4 Å². The molecule has 5 rings (SSSR count). The van der Waals surface area contributed by atoms with Gasteiger partial charge in [-0.25, -0.2) is 0 Å². The maximum absolute atomic E-state index is 5.81. The van der Waals surface area contributed by atoms with E-state index in [0.717, 1.165) is 40.1 Å². The van der Waals surface area contributed by atoms with Gasteiger partial charge >= 0.3 is 0 Å². The predicted molar refractivity (Wildman–Crippen MR) is 289 cm³/mol. The van der Waals surface area contributed by atoms with E-state index < -0.39 is 0 Å². The molecule has 0 aliphatic rings. The minimum Gasteiger partial charge on any atom is -0.465 e. The molecule has 0 spiro atoms. The first kappa shape index (κ1) is 61.0. The summed E-state index contributed by atoms with van der Waals surface area (Å²) in [5, 5.41) is 11.5. The second kappa shape index (κ2) is 21.7. The predicted octanol–water partition coefficient (Wildman–Crippen LogP) is 17.5. The molecule has 0 aliphatic carbocycles. The smallest absolute Gasteiger partial charge is 0.142 e. The fraction of sp³-hybridized carbons (Fsp3) is 0.667. The summed E-state index contributed by atoms with van der Waals surface area (Å²) in [6, 6.07) is 17.0. The molecule has 378 valence electrons. The molecular weight excluding hydrogens is 823 g/mol. The number of nitrogens with one attached hydrogen (secondary N) is 1. The van der Waals surface area contributed by atoms with E-state index in [0.29, 0.717) is 0 Å². The van der Waals surface area contributed by atoms with Gasteiger partial charge < -0.3 is 8.94 Å². The Bertz CT molecular complexity index is 1830. The highest BCUT2D eigenvalue weighted by molar-refractivity contribution is 5.26. The van der Waals surface area contributed by atoms with E-state index in [9.17, 15) is 0 Å². The Morgan fingerprint density at radius 3 is 0.851 bits per heavy atom. The number of aromatic amines is 1. The third-order valence-electron chi connectivity index (χ3n) is 11.1. The van der Waals surface area contributed by atoms with E-state index in [-0.39, 0.29) is 54.1 Å². The highest BCUT2D eigenvalue weighted by atomic mass is 16.5. The average molecular weight is 925 g/mol. The number of hydrogen-bond acceptors (Lipinski definition) is 6. The zero-order valence-electron chi connectivity index (χ0n) is 48.9. The van der Waals surface area contributed by atoms with Gasteiger partial charge in [-0.2, -0.15) is 5.10 Å². The summed E-state index contributed by atoms with van der Waals surface area (Å²) in [5.74, 6) is 3.09. The molecule has 7 nitrogen and oxygen atoms in total. The van der Waals surface area contributed by atoms with Gasteiger partial charge in [0.25, 0.3) is 0 Å². The van der Waals surface area contributed by atoms with Crippen LogP contribution in [0, 0.1) is 0 Å². The molecule has 0 saturated heterocycles. The topological polar surface area (TPSA) is 93.6 Å². The van der Waals surface area contributed by atoms with Crippen LogP contribution in [0.1, 0.15) is 265 Å². The van der Waals surface area contributed by atoms with Crippen molar-refractivity contribution in [2.24, 2.45) is 0 Å². The minimum absolute atomic E-state index is 0.0521. The molecule has 0 aliphatic heterocycles. The first-order chi connectivity index (χ1) is 29.6. The molecular formula is C60H101N5O2. The molecule has 0 amide bonds. The standard InChI is InChI=1S/2C13H21N.C12H20O.C11H20N2.C11H19NO/c2*1-12(2,3)10-7-8-11(14-9-10)13(4,5)6;1-11(2,3)9-7-8-10(13-9)12(4,5)6;2*1-10(2,3)8-7-9(13-12-8)11(4,5)6/h2*7-9H,1-6H3;7-8H,1-6H3;7H,1-6H3,(H,12,13);7H,1-6H3. The van der Waals surface area contributed by atoms with Gasteiger partial charge in [-0.3, -0.25) is 15.1 Å². The Morgan fingerprint density at radius 2 is 0.672 bits per heavy atom. The van der Waals surface area contributed by atoms with Crippen molar-refractivity contribution < 1.29 is 8.94 Å². The fourth-order valence-electron chi connectivity index (χ4n) is 5.78. The number of aromatic nitrogens is 5. The number of rotatable bonds is 0. The van der Waals surface area contributed by atoms with Crippen LogP contribution < -0.4 is 0 Å². The van der Waals surface area contributed by atoms with Gasteiger partial charge in [0.05, 0.1) is 11.4 Å². The molecule has 67 heavy (non-hydrogen) atoms. The second-order valence-corrected chi connectivity index (χ2v) is 28.8.